The number of carboxylic acid groups (broad SMARTS) is 1. The first kappa shape index (κ1) is 12.8. The zero-order valence-electron chi connectivity index (χ0n) is 10.4. The Morgan fingerprint density at radius 3 is 2.82 bits per heavy atom. The van der Waals surface area contributed by atoms with Crippen LogP contribution in [-0.4, -0.2) is 60.9 Å². The van der Waals surface area contributed by atoms with Crippen LogP contribution in [0.4, 0.5) is 0 Å². The van der Waals surface area contributed by atoms with Crippen LogP contribution in [-0.2, 0) is 9.53 Å². The van der Waals surface area contributed by atoms with Gasteiger partial charge in [-0.2, -0.15) is 0 Å². The lowest BCUT2D eigenvalue weighted by Gasteiger charge is -2.49. The van der Waals surface area contributed by atoms with E-state index in [1.54, 1.807) is 0 Å². The van der Waals surface area contributed by atoms with Crippen LogP contribution in [0.2, 0.25) is 0 Å². The summed E-state index contributed by atoms with van der Waals surface area (Å²) in [5.41, 5.74) is -0.677. The Morgan fingerprint density at radius 1 is 1.53 bits per heavy atom. The Balaban J connectivity index is 2.25. The average Bonchev–Trinajstić information content (AvgIpc) is 2.39. The molecular formula is C12H22N2O3. The van der Waals surface area contributed by atoms with Gasteiger partial charge in [-0.1, -0.05) is 6.92 Å². The first-order valence-electron chi connectivity index (χ1n) is 6.48. The van der Waals surface area contributed by atoms with Crippen LogP contribution in [0.3, 0.4) is 0 Å². The monoisotopic (exact) mass is 242 g/mol. The van der Waals surface area contributed by atoms with Crippen LogP contribution in [0, 0.1) is 5.92 Å². The topological polar surface area (TPSA) is 61.8 Å². The van der Waals surface area contributed by atoms with E-state index in [4.69, 9.17) is 4.74 Å². The summed E-state index contributed by atoms with van der Waals surface area (Å²) in [4.78, 5) is 14.0. The van der Waals surface area contributed by atoms with E-state index in [2.05, 4.69) is 17.1 Å². The SMILES string of the molecule is CCC1CNCCC1(C(=O)O)N1CCOCC1. The maximum absolute atomic E-state index is 11.8. The lowest BCUT2D eigenvalue weighted by molar-refractivity contribution is -0.163. The van der Waals surface area contributed by atoms with Gasteiger partial charge in [0.05, 0.1) is 13.2 Å². The number of nitrogens with one attached hydrogen (secondary N) is 1. The molecule has 5 nitrogen and oxygen atoms in total. The summed E-state index contributed by atoms with van der Waals surface area (Å²) >= 11 is 0. The van der Waals surface area contributed by atoms with E-state index in [-0.39, 0.29) is 5.92 Å². The maximum Gasteiger partial charge on any atom is 0.324 e. The van der Waals surface area contributed by atoms with E-state index in [0.29, 0.717) is 19.6 Å². The summed E-state index contributed by atoms with van der Waals surface area (Å²) < 4.78 is 5.33. The number of hydrogen-bond acceptors (Lipinski definition) is 4. The lowest BCUT2D eigenvalue weighted by atomic mass is 9.75. The fourth-order valence-electron chi connectivity index (χ4n) is 3.21. The van der Waals surface area contributed by atoms with Gasteiger partial charge < -0.3 is 15.2 Å². The highest BCUT2D eigenvalue weighted by molar-refractivity contribution is 5.79. The Morgan fingerprint density at radius 2 is 2.24 bits per heavy atom. The van der Waals surface area contributed by atoms with Crippen LogP contribution < -0.4 is 5.32 Å². The van der Waals surface area contributed by atoms with Gasteiger partial charge in [-0.25, -0.2) is 0 Å². The van der Waals surface area contributed by atoms with Gasteiger partial charge in [-0.3, -0.25) is 9.69 Å². The molecule has 2 aliphatic heterocycles. The zero-order valence-corrected chi connectivity index (χ0v) is 10.4. The fraction of sp³-hybridized carbons (Fsp3) is 0.917. The number of carboxylic acids is 1. The van der Waals surface area contributed by atoms with Crippen molar-refractivity contribution in [2.75, 3.05) is 39.4 Å². The van der Waals surface area contributed by atoms with Crippen molar-refractivity contribution in [3.05, 3.63) is 0 Å². The van der Waals surface area contributed by atoms with Crippen LogP contribution in [0.15, 0.2) is 0 Å². The third-order valence-electron chi connectivity index (χ3n) is 4.19. The highest BCUT2D eigenvalue weighted by Crippen LogP contribution is 2.34. The highest BCUT2D eigenvalue weighted by atomic mass is 16.5. The second kappa shape index (κ2) is 5.33. The van der Waals surface area contributed by atoms with Crippen molar-refractivity contribution in [3.63, 3.8) is 0 Å². The van der Waals surface area contributed by atoms with Gasteiger partial charge in [-0.15, -0.1) is 0 Å². The molecule has 0 saturated carbocycles. The quantitative estimate of drug-likeness (QED) is 0.738. The predicted octanol–water partition coefficient (Wildman–Crippen LogP) is 0.162. The lowest BCUT2D eigenvalue weighted by Crippen LogP contribution is -2.66. The van der Waals surface area contributed by atoms with E-state index < -0.39 is 11.5 Å². The van der Waals surface area contributed by atoms with Crippen LogP contribution in [0.5, 0.6) is 0 Å². The standard InChI is InChI=1S/C12H22N2O3/c1-2-10-9-13-4-3-12(10,11(15)16)14-5-7-17-8-6-14/h10,13H,2-9H2,1H3,(H,15,16). The maximum atomic E-state index is 11.8. The normalized spacial score (nSPS) is 35.7. The summed E-state index contributed by atoms with van der Waals surface area (Å²) in [5.74, 6) is -0.473. The molecule has 2 fully saturated rings. The Kier molecular flexibility index (Phi) is 4.01. The molecule has 98 valence electrons. The third kappa shape index (κ3) is 2.19. The first-order valence-corrected chi connectivity index (χ1v) is 6.48. The number of hydrogen-bond donors (Lipinski definition) is 2. The van der Waals surface area contributed by atoms with Crippen molar-refractivity contribution in [1.29, 1.82) is 0 Å². The molecule has 0 spiro atoms. The Bertz CT molecular complexity index is 279. The second-order valence-corrected chi connectivity index (χ2v) is 4.89. The predicted molar refractivity (Wildman–Crippen MR) is 64.0 cm³/mol. The summed E-state index contributed by atoms with van der Waals surface area (Å²) in [6, 6.07) is 0. The molecule has 2 atom stereocenters. The minimum atomic E-state index is -0.677. The van der Waals surface area contributed by atoms with Crippen molar-refractivity contribution < 1.29 is 14.6 Å². The zero-order chi connectivity index (χ0) is 12.3. The van der Waals surface area contributed by atoms with Crippen molar-refractivity contribution in [3.8, 4) is 0 Å². The summed E-state index contributed by atoms with van der Waals surface area (Å²) in [5, 5.41) is 13.0. The van der Waals surface area contributed by atoms with E-state index in [1.807, 2.05) is 0 Å². The van der Waals surface area contributed by atoms with Gasteiger partial charge in [-0.05, 0) is 19.4 Å². The second-order valence-electron chi connectivity index (χ2n) is 4.89. The number of aliphatic carboxylic acids is 1. The molecule has 0 aromatic rings. The van der Waals surface area contributed by atoms with Crippen LogP contribution in [0.25, 0.3) is 0 Å². The minimum Gasteiger partial charge on any atom is -0.480 e. The van der Waals surface area contributed by atoms with Gasteiger partial charge >= 0.3 is 5.97 Å². The van der Waals surface area contributed by atoms with Gasteiger partial charge in [0, 0.05) is 25.6 Å². The molecule has 2 aliphatic rings. The molecule has 17 heavy (non-hydrogen) atoms. The van der Waals surface area contributed by atoms with Crippen molar-refractivity contribution >= 4 is 5.97 Å². The minimum absolute atomic E-state index is 0.187. The van der Waals surface area contributed by atoms with Crippen LogP contribution >= 0.6 is 0 Å². The van der Waals surface area contributed by atoms with Crippen molar-refractivity contribution in [2.45, 2.75) is 25.3 Å². The van der Waals surface area contributed by atoms with E-state index >= 15 is 0 Å². The molecule has 0 amide bonds. The van der Waals surface area contributed by atoms with E-state index in [9.17, 15) is 9.90 Å². The molecule has 5 heteroatoms. The Labute approximate surface area is 102 Å². The number of ether oxygens (including phenoxy) is 1. The van der Waals surface area contributed by atoms with Crippen molar-refractivity contribution in [2.24, 2.45) is 5.92 Å². The molecule has 2 rings (SSSR count). The third-order valence-corrected chi connectivity index (χ3v) is 4.19. The smallest absolute Gasteiger partial charge is 0.324 e. The summed E-state index contributed by atoms with van der Waals surface area (Å²) in [6.45, 7) is 6.46. The summed E-state index contributed by atoms with van der Waals surface area (Å²) in [7, 11) is 0. The fourth-order valence-corrected chi connectivity index (χ4v) is 3.21. The number of morpholine rings is 1. The van der Waals surface area contributed by atoms with Crippen molar-refractivity contribution in [1.82, 2.24) is 10.2 Å². The molecule has 0 aromatic heterocycles. The molecular weight excluding hydrogens is 220 g/mol. The van der Waals surface area contributed by atoms with E-state index in [1.165, 1.54) is 0 Å². The summed E-state index contributed by atoms with van der Waals surface area (Å²) in [6.07, 6.45) is 1.59. The molecule has 2 saturated heterocycles. The number of carbonyl (C=O) groups is 1. The average molecular weight is 242 g/mol. The first-order chi connectivity index (χ1) is 8.21. The van der Waals surface area contributed by atoms with E-state index in [0.717, 1.165) is 32.6 Å². The molecule has 0 aromatic carbocycles. The molecule has 2 heterocycles. The van der Waals surface area contributed by atoms with Gasteiger partial charge in [0.25, 0.3) is 0 Å². The molecule has 0 radical (unpaired) electrons. The molecule has 0 bridgehead atoms. The van der Waals surface area contributed by atoms with Gasteiger partial charge in [0.15, 0.2) is 0 Å². The number of nitrogens with zero attached hydrogens (tertiary/aromatic N) is 1. The Hall–Kier alpha value is -0.650. The molecule has 2 N–H and O–H groups in total. The number of piperidine rings is 1. The highest BCUT2D eigenvalue weighted by Gasteiger charge is 2.51. The molecule has 0 aliphatic carbocycles. The van der Waals surface area contributed by atoms with Gasteiger partial charge in [0.2, 0.25) is 0 Å². The largest absolute Gasteiger partial charge is 0.480 e. The number of rotatable bonds is 3. The van der Waals surface area contributed by atoms with Gasteiger partial charge in [0.1, 0.15) is 5.54 Å². The van der Waals surface area contributed by atoms with Crippen LogP contribution in [0.1, 0.15) is 19.8 Å². The molecule has 2 unspecified atom stereocenters.